The Bertz CT molecular complexity index is 314. The average Bonchev–Trinajstić information content (AvgIpc) is 2.62. The molecular weight excluding hydrogens is 222 g/mol. The molecule has 0 aliphatic carbocycles. The normalized spacial score (nSPS) is 11.4. The molecule has 0 aliphatic heterocycles. The molecule has 0 aliphatic rings. The zero-order valence-corrected chi connectivity index (χ0v) is 10.9. The molecule has 0 saturated carbocycles. The highest BCUT2D eigenvalue weighted by atomic mass is 32.1. The number of esters is 1. The smallest absolute Gasteiger partial charge is 0.320 e. The van der Waals surface area contributed by atoms with Crippen LogP contribution in [0.4, 0.5) is 0 Å². The fraction of sp³-hybridized carbons (Fsp3) is 0.583. The second-order valence-electron chi connectivity index (χ2n) is 4.59. The molecule has 0 aromatic carbocycles. The maximum Gasteiger partial charge on any atom is 0.320 e. The van der Waals surface area contributed by atoms with Crippen LogP contribution in [0.2, 0.25) is 0 Å². The van der Waals surface area contributed by atoms with Gasteiger partial charge in [0.1, 0.15) is 5.60 Å². The Labute approximate surface area is 101 Å². The van der Waals surface area contributed by atoms with Gasteiger partial charge in [-0.3, -0.25) is 4.79 Å². The Morgan fingerprint density at radius 2 is 2.25 bits per heavy atom. The van der Waals surface area contributed by atoms with Crippen molar-refractivity contribution in [3.8, 4) is 0 Å². The predicted molar refractivity (Wildman–Crippen MR) is 66.7 cm³/mol. The van der Waals surface area contributed by atoms with E-state index in [2.05, 4.69) is 16.8 Å². The summed E-state index contributed by atoms with van der Waals surface area (Å²) in [5, 5.41) is 5.14. The van der Waals surface area contributed by atoms with E-state index in [1.807, 2.05) is 26.8 Å². The van der Waals surface area contributed by atoms with Crippen LogP contribution in [0.25, 0.3) is 0 Å². The molecule has 1 heterocycles. The monoisotopic (exact) mass is 241 g/mol. The van der Waals surface area contributed by atoms with E-state index in [1.54, 1.807) is 11.3 Å². The highest BCUT2D eigenvalue weighted by molar-refractivity contribution is 7.09. The molecule has 0 spiro atoms. The summed E-state index contributed by atoms with van der Waals surface area (Å²) in [6.07, 6.45) is 0.959. The maximum atomic E-state index is 11.3. The summed E-state index contributed by atoms with van der Waals surface area (Å²) in [6, 6.07) is 4.13. The van der Waals surface area contributed by atoms with Crippen molar-refractivity contribution in [2.24, 2.45) is 0 Å². The van der Waals surface area contributed by atoms with Crippen LogP contribution in [0.3, 0.4) is 0 Å². The van der Waals surface area contributed by atoms with Crippen LogP contribution in [0.15, 0.2) is 17.5 Å². The molecule has 1 aromatic rings. The fourth-order valence-electron chi connectivity index (χ4n) is 1.23. The van der Waals surface area contributed by atoms with Gasteiger partial charge in [-0.05, 0) is 38.6 Å². The standard InChI is InChI=1S/C12H19NO2S/c1-12(2,3)15-11(14)9-13-7-6-10-5-4-8-16-10/h4-5,8,13H,6-7,9H2,1-3H3. The van der Waals surface area contributed by atoms with Crippen LogP contribution in [0, 0.1) is 0 Å². The predicted octanol–water partition coefficient (Wildman–Crippen LogP) is 2.22. The number of ether oxygens (including phenoxy) is 1. The highest BCUT2D eigenvalue weighted by Gasteiger charge is 2.15. The number of hydrogen-bond acceptors (Lipinski definition) is 4. The second-order valence-corrected chi connectivity index (χ2v) is 5.62. The molecule has 3 nitrogen and oxygen atoms in total. The first-order valence-electron chi connectivity index (χ1n) is 5.42. The van der Waals surface area contributed by atoms with Gasteiger partial charge >= 0.3 is 5.97 Å². The lowest BCUT2D eigenvalue weighted by molar-refractivity contribution is -0.153. The molecule has 1 rings (SSSR count). The first-order valence-corrected chi connectivity index (χ1v) is 6.30. The van der Waals surface area contributed by atoms with Crippen LogP contribution in [-0.2, 0) is 16.0 Å². The van der Waals surface area contributed by atoms with Crippen molar-refractivity contribution < 1.29 is 9.53 Å². The number of thiophene rings is 1. The van der Waals surface area contributed by atoms with Crippen molar-refractivity contribution in [2.45, 2.75) is 32.8 Å². The van der Waals surface area contributed by atoms with Crippen molar-refractivity contribution in [3.05, 3.63) is 22.4 Å². The minimum Gasteiger partial charge on any atom is -0.459 e. The molecule has 0 saturated heterocycles. The zero-order chi connectivity index (χ0) is 12.0. The molecule has 0 radical (unpaired) electrons. The van der Waals surface area contributed by atoms with Crippen molar-refractivity contribution in [1.82, 2.24) is 5.32 Å². The van der Waals surface area contributed by atoms with E-state index in [-0.39, 0.29) is 12.5 Å². The molecule has 16 heavy (non-hydrogen) atoms. The van der Waals surface area contributed by atoms with E-state index in [4.69, 9.17) is 4.74 Å². The van der Waals surface area contributed by atoms with E-state index in [0.29, 0.717) is 0 Å². The molecule has 0 unspecified atom stereocenters. The Kier molecular flexibility index (Phi) is 4.96. The largest absolute Gasteiger partial charge is 0.459 e. The molecular formula is C12H19NO2S. The minimum atomic E-state index is -0.396. The second kappa shape index (κ2) is 6.01. The summed E-state index contributed by atoms with van der Waals surface area (Å²) in [5.41, 5.74) is -0.396. The fourth-order valence-corrected chi connectivity index (χ4v) is 1.94. The molecule has 0 bridgehead atoms. The lowest BCUT2D eigenvalue weighted by Gasteiger charge is -2.19. The molecule has 1 aromatic heterocycles. The average molecular weight is 241 g/mol. The van der Waals surface area contributed by atoms with Crippen LogP contribution >= 0.6 is 11.3 Å². The number of hydrogen-bond donors (Lipinski definition) is 1. The van der Waals surface area contributed by atoms with Gasteiger partial charge in [-0.1, -0.05) is 6.07 Å². The summed E-state index contributed by atoms with van der Waals surface area (Å²) < 4.78 is 5.18. The van der Waals surface area contributed by atoms with Gasteiger partial charge in [-0.25, -0.2) is 0 Å². The lowest BCUT2D eigenvalue weighted by atomic mass is 10.2. The Hall–Kier alpha value is -0.870. The topological polar surface area (TPSA) is 38.3 Å². The summed E-state index contributed by atoms with van der Waals surface area (Å²) in [7, 11) is 0. The summed E-state index contributed by atoms with van der Waals surface area (Å²) >= 11 is 1.74. The van der Waals surface area contributed by atoms with Gasteiger partial charge in [0.25, 0.3) is 0 Å². The number of rotatable bonds is 5. The summed E-state index contributed by atoms with van der Waals surface area (Å²) in [4.78, 5) is 12.7. The maximum absolute atomic E-state index is 11.3. The van der Waals surface area contributed by atoms with Crippen LogP contribution in [0.1, 0.15) is 25.6 Å². The Balaban J connectivity index is 2.09. The lowest BCUT2D eigenvalue weighted by Crippen LogP contribution is -2.32. The molecule has 0 fully saturated rings. The molecule has 90 valence electrons. The molecule has 0 atom stereocenters. The highest BCUT2D eigenvalue weighted by Crippen LogP contribution is 2.08. The molecule has 1 N–H and O–H groups in total. The van der Waals surface area contributed by atoms with Gasteiger partial charge in [-0.15, -0.1) is 11.3 Å². The summed E-state index contributed by atoms with van der Waals surface area (Å²) in [6.45, 7) is 6.70. The SMILES string of the molecule is CC(C)(C)OC(=O)CNCCc1cccs1. The van der Waals surface area contributed by atoms with E-state index in [0.717, 1.165) is 13.0 Å². The van der Waals surface area contributed by atoms with Crippen molar-refractivity contribution in [3.63, 3.8) is 0 Å². The third-order valence-corrected chi connectivity index (χ3v) is 2.75. The number of nitrogens with one attached hydrogen (secondary N) is 1. The van der Waals surface area contributed by atoms with E-state index in [9.17, 15) is 4.79 Å². The van der Waals surface area contributed by atoms with Crippen molar-refractivity contribution >= 4 is 17.3 Å². The number of carbonyl (C=O) groups excluding carboxylic acids is 1. The zero-order valence-electron chi connectivity index (χ0n) is 10.1. The van der Waals surface area contributed by atoms with Crippen molar-refractivity contribution in [2.75, 3.05) is 13.1 Å². The summed E-state index contributed by atoms with van der Waals surface area (Å²) in [5.74, 6) is -0.196. The first-order chi connectivity index (χ1) is 7.47. The number of carbonyl (C=O) groups is 1. The third kappa shape index (κ3) is 5.88. The van der Waals surface area contributed by atoms with Gasteiger partial charge in [0.15, 0.2) is 0 Å². The minimum absolute atomic E-state index is 0.196. The molecule has 4 heteroatoms. The van der Waals surface area contributed by atoms with E-state index in [1.165, 1.54) is 4.88 Å². The Morgan fingerprint density at radius 3 is 2.81 bits per heavy atom. The van der Waals surface area contributed by atoms with Gasteiger partial charge in [0.05, 0.1) is 6.54 Å². The van der Waals surface area contributed by atoms with E-state index >= 15 is 0 Å². The van der Waals surface area contributed by atoms with Crippen LogP contribution in [-0.4, -0.2) is 24.7 Å². The van der Waals surface area contributed by atoms with Crippen molar-refractivity contribution in [1.29, 1.82) is 0 Å². The van der Waals surface area contributed by atoms with Crippen LogP contribution < -0.4 is 5.32 Å². The van der Waals surface area contributed by atoms with E-state index < -0.39 is 5.60 Å². The van der Waals surface area contributed by atoms with Gasteiger partial charge in [-0.2, -0.15) is 0 Å². The van der Waals surface area contributed by atoms with Gasteiger partial charge in [0, 0.05) is 11.4 Å². The quantitative estimate of drug-likeness (QED) is 0.634. The van der Waals surface area contributed by atoms with Gasteiger partial charge < -0.3 is 10.1 Å². The third-order valence-electron chi connectivity index (χ3n) is 1.82. The molecule has 0 amide bonds. The first kappa shape index (κ1) is 13.2. The van der Waals surface area contributed by atoms with Gasteiger partial charge in [0.2, 0.25) is 0 Å². The van der Waals surface area contributed by atoms with Crippen LogP contribution in [0.5, 0.6) is 0 Å². The Morgan fingerprint density at radius 1 is 1.50 bits per heavy atom.